The molecule has 1 aromatic rings. The Bertz CT molecular complexity index is 469. The number of rotatable bonds is 9. The van der Waals surface area contributed by atoms with Crippen LogP contribution in [0.4, 0.5) is 5.69 Å². The lowest BCUT2D eigenvalue weighted by molar-refractivity contribution is -0.0391. The van der Waals surface area contributed by atoms with Crippen LogP contribution in [0, 0.1) is 6.92 Å². The van der Waals surface area contributed by atoms with Crippen molar-refractivity contribution in [3.05, 3.63) is 16.2 Å². The minimum Gasteiger partial charge on any atom is -0.474 e. The highest BCUT2D eigenvalue weighted by molar-refractivity contribution is 9.10. The van der Waals surface area contributed by atoms with Crippen molar-refractivity contribution in [2.75, 3.05) is 40.7 Å². The monoisotopic (exact) mass is 359 g/mol. The summed E-state index contributed by atoms with van der Waals surface area (Å²) in [4.78, 5) is 10.8. The summed E-state index contributed by atoms with van der Waals surface area (Å²) in [6, 6.07) is 1.90. The summed E-state index contributed by atoms with van der Waals surface area (Å²) in [6.07, 6.45) is 1.79. The fraction of sp³-hybridized carbons (Fsp3) is 0.571. The van der Waals surface area contributed by atoms with Crippen molar-refractivity contribution in [3.8, 4) is 5.88 Å². The van der Waals surface area contributed by atoms with Crippen LogP contribution in [0.15, 0.2) is 15.5 Å². The Labute approximate surface area is 134 Å². The molecule has 0 unspecified atom stereocenters. The Morgan fingerprint density at radius 3 is 2.86 bits per heavy atom. The van der Waals surface area contributed by atoms with E-state index >= 15 is 0 Å². The van der Waals surface area contributed by atoms with Gasteiger partial charge in [-0.3, -0.25) is 0 Å². The molecule has 118 valence electrons. The number of ether oxygens (including phenoxy) is 3. The van der Waals surface area contributed by atoms with E-state index in [1.807, 2.05) is 24.9 Å². The van der Waals surface area contributed by atoms with E-state index in [9.17, 15) is 0 Å². The first kappa shape index (κ1) is 17.9. The molecular formula is C14H22BrN3O3. The molecule has 0 spiro atoms. The number of nitrogens with zero attached hydrogens (tertiary/aromatic N) is 3. The molecule has 1 heterocycles. The molecule has 0 aliphatic rings. The molecule has 6 nitrogen and oxygen atoms in total. The van der Waals surface area contributed by atoms with E-state index in [4.69, 9.17) is 14.2 Å². The van der Waals surface area contributed by atoms with Crippen LogP contribution < -0.4 is 4.74 Å². The lowest BCUT2D eigenvalue weighted by Gasteiger charge is -2.11. The van der Waals surface area contributed by atoms with Gasteiger partial charge in [-0.25, -0.2) is 9.98 Å². The average molecular weight is 360 g/mol. The maximum Gasteiger partial charge on any atom is 0.228 e. The fourth-order valence-corrected chi connectivity index (χ4v) is 1.78. The number of hydrogen-bond donors (Lipinski definition) is 0. The maximum atomic E-state index is 5.57. The molecule has 0 aliphatic heterocycles. The van der Waals surface area contributed by atoms with Gasteiger partial charge in [-0.2, -0.15) is 0 Å². The molecule has 7 heteroatoms. The zero-order valence-electron chi connectivity index (χ0n) is 12.9. The summed E-state index contributed by atoms with van der Waals surface area (Å²) in [5.41, 5.74) is 1.62. The van der Waals surface area contributed by atoms with Gasteiger partial charge in [-0.15, -0.1) is 0 Å². The predicted octanol–water partition coefficient (Wildman–Crippen LogP) is 2.76. The fourth-order valence-electron chi connectivity index (χ4n) is 1.36. The van der Waals surface area contributed by atoms with E-state index in [2.05, 4.69) is 32.8 Å². The summed E-state index contributed by atoms with van der Waals surface area (Å²) in [5.74, 6) is 0.538. The van der Waals surface area contributed by atoms with E-state index in [1.165, 1.54) is 0 Å². The second-order valence-corrected chi connectivity index (χ2v) is 5.22. The molecule has 0 N–H and O–H groups in total. The van der Waals surface area contributed by atoms with Crippen LogP contribution in [0.1, 0.15) is 12.6 Å². The SMILES string of the molecule is CCN(C)C=Nc1cc(Br)c(OCCOCOC)nc1C. The average Bonchev–Trinajstić information content (AvgIpc) is 2.48. The molecule has 0 atom stereocenters. The zero-order valence-corrected chi connectivity index (χ0v) is 14.5. The summed E-state index contributed by atoms with van der Waals surface area (Å²) in [7, 11) is 3.55. The second-order valence-electron chi connectivity index (χ2n) is 4.36. The Morgan fingerprint density at radius 1 is 1.43 bits per heavy atom. The highest BCUT2D eigenvalue weighted by Gasteiger charge is 2.08. The van der Waals surface area contributed by atoms with Crippen LogP contribution in [-0.4, -0.2) is 56.9 Å². The van der Waals surface area contributed by atoms with Crippen LogP contribution in [0.3, 0.4) is 0 Å². The van der Waals surface area contributed by atoms with Gasteiger partial charge in [-0.05, 0) is 35.8 Å². The Kier molecular flexibility index (Phi) is 8.26. The predicted molar refractivity (Wildman–Crippen MR) is 86.5 cm³/mol. The van der Waals surface area contributed by atoms with E-state index in [1.54, 1.807) is 13.4 Å². The van der Waals surface area contributed by atoms with Crippen LogP contribution in [-0.2, 0) is 9.47 Å². The number of methoxy groups -OCH3 is 1. The molecule has 0 radical (unpaired) electrons. The first-order valence-electron chi connectivity index (χ1n) is 6.69. The molecule has 0 fully saturated rings. The summed E-state index contributed by atoms with van der Waals surface area (Å²) < 4.78 is 16.3. The molecule has 0 amide bonds. The van der Waals surface area contributed by atoms with E-state index in [0.29, 0.717) is 19.1 Å². The van der Waals surface area contributed by atoms with Crippen LogP contribution in [0.2, 0.25) is 0 Å². The van der Waals surface area contributed by atoms with E-state index < -0.39 is 0 Å². The van der Waals surface area contributed by atoms with Gasteiger partial charge in [0.1, 0.15) is 13.4 Å². The van der Waals surface area contributed by atoms with Gasteiger partial charge < -0.3 is 19.1 Å². The lowest BCUT2D eigenvalue weighted by atomic mass is 10.3. The lowest BCUT2D eigenvalue weighted by Crippen LogP contribution is -2.14. The van der Waals surface area contributed by atoms with Gasteiger partial charge in [0.15, 0.2) is 0 Å². The normalized spacial score (nSPS) is 11.1. The van der Waals surface area contributed by atoms with E-state index in [-0.39, 0.29) is 6.79 Å². The number of pyridine rings is 1. The van der Waals surface area contributed by atoms with Crippen LogP contribution in [0.25, 0.3) is 0 Å². The first-order valence-corrected chi connectivity index (χ1v) is 7.48. The van der Waals surface area contributed by atoms with Crippen molar-refractivity contribution in [2.24, 2.45) is 4.99 Å². The molecule has 0 saturated heterocycles. The number of aliphatic imine (C=N–C) groups is 1. The van der Waals surface area contributed by atoms with Gasteiger partial charge in [0.05, 0.1) is 28.8 Å². The van der Waals surface area contributed by atoms with Gasteiger partial charge in [-0.1, -0.05) is 0 Å². The van der Waals surface area contributed by atoms with Gasteiger partial charge >= 0.3 is 0 Å². The summed E-state index contributed by atoms with van der Waals surface area (Å²) in [6.45, 7) is 5.99. The number of halogens is 1. The third-order valence-electron chi connectivity index (χ3n) is 2.67. The third-order valence-corrected chi connectivity index (χ3v) is 3.24. The molecular weight excluding hydrogens is 338 g/mol. The quantitative estimate of drug-likeness (QED) is 0.293. The molecule has 1 rings (SSSR count). The smallest absolute Gasteiger partial charge is 0.228 e. The van der Waals surface area contributed by atoms with Gasteiger partial charge in [0.25, 0.3) is 0 Å². The minimum atomic E-state index is 0.260. The van der Waals surface area contributed by atoms with Crippen LogP contribution >= 0.6 is 15.9 Å². The number of aromatic nitrogens is 1. The Hall–Kier alpha value is -1.18. The molecule has 0 aliphatic carbocycles. The van der Waals surface area contributed by atoms with Crippen molar-refractivity contribution in [1.82, 2.24) is 9.88 Å². The van der Waals surface area contributed by atoms with Crippen molar-refractivity contribution < 1.29 is 14.2 Å². The summed E-state index contributed by atoms with van der Waals surface area (Å²) >= 11 is 3.45. The zero-order chi connectivity index (χ0) is 15.7. The molecule has 21 heavy (non-hydrogen) atoms. The third kappa shape index (κ3) is 6.41. The largest absolute Gasteiger partial charge is 0.474 e. The van der Waals surface area contributed by atoms with Crippen molar-refractivity contribution in [2.45, 2.75) is 13.8 Å². The van der Waals surface area contributed by atoms with Crippen molar-refractivity contribution in [1.29, 1.82) is 0 Å². The van der Waals surface area contributed by atoms with Crippen LogP contribution in [0.5, 0.6) is 5.88 Å². The molecule has 0 saturated carbocycles. The van der Waals surface area contributed by atoms with E-state index in [0.717, 1.165) is 22.4 Å². The van der Waals surface area contributed by atoms with Gasteiger partial charge in [0.2, 0.25) is 5.88 Å². The summed E-state index contributed by atoms with van der Waals surface area (Å²) in [5, 5.41) is 0. The second kappa shape index (κ2) is 9.70. The van der Waals surface area contributed by atoms with Crippen molar-refractivity contribution in [3.63, 3.8) is 0 Å². The maximum absolute atomic E-state index is 5.57. The van der Waals surface area contributed by atoms with Crippen molar-refractivity contribution >= 4 is 28.0 Å². The molecule has 0 bridgehead atoms. The number of hydrogen-bond acceptors (Lipinski definition) is 5. The standard InChI is InChI=1S/C14H22BrN3O3/c1-5-18(3)9-16-13-8-12(15)14(17-11(13)2)21-7-6-20-10-19-4/h8-9H,5-7,10H2,1-4H3. The highest BCUT2D eigenvalue weighted by atomic mass is 79.9. The number of aryl methyl sites for hydroxylation is 1. The van der Waals surface area contributed by atoms with Gasteiger partial charge in [0, 0.05) is 20.7 Å². The molecule has 0 aromatic carbocycles. The Morgan fingerprint density at radius 2 is 2.19 bits per heavy atom. The minimum absolute atomic E-state index is 0.260. The topological polar surface area (TPSA) is 56.2 Å². The molecule has 1 aromatic heterocycles. The Balaban J connectivity index is 2.64. The first-order chi connectivity index (χ1) is 10.1. The highest BCUT2D eigenvalue weighted by Crippen LogP contribution is 2.29.